The number of carboxylic acid groups (broad SMARTS) is 1. The number of aromatic amines is 1. The molecule has 0 aliphatic heterocycles. The zero-order chi connectivity index (χ0) is 55.2. The number of rotatable bonds is 35. The predicted molar refractivity (Wildman–Crippen MR) is 270 cm³/mol. The number of carbonyl (C=O) groups excluding carboxylic acids is 8. The molecule has 0 aliphatic carbocycles. The molecule has 2 rings (SSSR count). The average molecular weight is 1040 g/mol. The minimum Gasteiger partial charge on any atom is -0.480 e. The van der Waals surface area contributed by atoms with Gasteiger partial charge in [0.05, 0.1) is 19.5 Å². The topological polar surface area (TPSA) is 500 Å². The summed E-state index contributed by atoms with van der Waals surface area (Å²) in [6.07, 6.45) is 3.38. The summed E-state index contributed by atoms with van der Waals surface area (Å²) >= 11 is 0. The van der Waals surface area contributed by atoms with E-state index in [1.807, 2.05) is 0 Å². The normalized spacial score (nSPS) is 13.7. The van der Waals surface area contributed by atoms with Crippen molar-refractivity contribution in [2.75, 3.05) is 39.3 Å². The van der Waals surface area contributed by atoms with Gasteiger partial charge >= 0.3 is 5.97 Å². The van der Waals surface area contributed by atoms with E-state index in [1.165, 1.54) is 12.5 Å². The number of carbonyl (C=O) groups is 9. The summed E-state index contributed by atoms with van der Waals surface area (Å²) in [4.78, 5) is 135. The summed E-state index contributed by atoms with van der Waals surface area (Å²) in [6.45, 7) is 1.61. The highest BCUT2D eigenvalue weighted by atomic mass is 16.4. The van der Waals surface area contributed by atoms with Gasteiger partial charge < -0.3 is 92.1 Å². The summed E-state index contributed by atoms with van der Waals surface area (Å²) in [5.41, 5.74) is 34.3. The number of hydrogen-bond donors (Lipinski definition) is 17. The first-order valence-electron chi connectivity index (χ1n) is 23.9. The fourth-order valence-electron chi connectivity index (χ4n) is 6.97. The Labute approximate surface area is 427 Å². The third-order valence-electron chi connectivity index (χ3n) is 10.9. The summed E-state index contributed by atoms with van der Waals surface area (Å²) < 4.78 is 0. The number of nitrogens with two attached hydrogens (primary N) is 6. The fourth-order valence-corrected chi connectivity index (χ4v) is 6.97. The Kier molecular flexibility index (Phi) is 28.3. The molecule has 0 radical (unpaired) electrons. The third kappa shape index (κ3) is 24.5. The Balaban J connectivity index is 2.52. The average Bonchev–Trinajstić information content (AvgIpc) is 3.88. The predicted octanol–water partition coefficient (Wildman–Crippen LogP) is -6.37. The van der Waals surface area contributed by atoms with Crippen LogP contribution >= 0.6 is 0 Å². The standard InChI is InChI=1S/C45H74N18O11/c1-25(2)36(63-34(65)21-55-37(68)28(47)23-64)43(74)60-29(12-6-7-15-46)40(71)61-32(18-26-10-4-3-5-11-26)42(73)59-30(13-8-16-53-44(48)49)39(70)58-31(14-9-17-54-45(50)51)41(72)62-33(19-27-20-52-24-57-27)38(69)56-22-35(66)67/h3-5,10-11,20,24-25,28-33,36,64H,6-9,12-19,21-23,46-47H2,1-2H3,(H,52,57)(H,55,68)(H,56,69)(H,58,70)(H,59,73)(H,60,74)(H,61,71)(H,62,72)(H,63,65)(H,66,67)(H4,48,49,53)(H4,50,51,54)/t28-,29-,30-,31-,32-,33-,36-/m0/s1. The lowest BCUT2D eigenvalue weighted by Gasteiger charge is -2.28. The van der Waals surface area contributed by atoms with Gasteiger partial charge in [-0.25, -0.2) is 4.98 Å². The summed E-state index contributed by atoms with van der Waals surface area (Å²) in [6, 6.07) is -0.747. The minimum atomic E-state index is -1.42. The maximum absolute atomic E-state index is 14.5. The van der Waals surface area contributed by atoms with Crippen LogP contribution < -0.4 is 76.9 Å². The van der Waals surface area contributed by atoms with Crippen molar-refractivity contribution < 1.29 is 53.4 Å². The molecule has 0 saturated heterocycles. The Morgan fingerprint density at radius 1 is 0.622 bits per heavy atom. The van der Waals surface area contributed by atoms with Crippen molar-refractivity contribution in [3.63, 3.8) is 0 Å². The van der Waals surface area contributed by atoms with Crippen LogP contribution in [0.25, 0.3) is 0 Å². The van der Waals surface area contributed by atoms with Gasteiger partial charge in [0.1, 0.15) is 48.8 Å². The van der Waals surface area contributed by atoms with Gasteiger partial charge in [0.25, 0.3) is 0 Å². The number of H-pyrrole nitrogens is 1. The second-order valence-corrected chi connectivity index (χ2v) is 17.4. The van der Waals surface area contributed by atoms with Crippen molar-refractivity contribution in [2.45, 2.75) is 114 Å². The van der Waals surface area contributed by atoms with Crippen molar-refractivity contribution >= 4 is 65.1 Å². The number of nitrogens with one attached hydrogen (secondary N) is 9. The molecule has 1 aromatic heterocycles. The molecule has 0 fully saturated rings. The van der Waals surface area contributed by atoms with E-state index < -0.39 is 121 Å². The number of hydrogen-bond acceptors (Lipinski definition) is 15. The molecule has 29 nitrogen and oxygen atoms in total. The molecule has 0 aliphatic rings. The molecule has 410 valence electrons. The smallest absolute Gasteiger partial charge is 0.322 e. The second kappa shape index (κ2) is 33.7. The maximum Gasteiger partial charge on any atom is 0.322 e. The number of guanidine groups is 2. The number of aliphatic hydroxyl groups excluding tert-OH is 1. The van der Waals surface area contributed by atoms with Crippen molar-refractivity contribution in [1.29, 1.82) is 0 Å². The van der Waals surface area contributed by atoms with Crippen LogP contribution in [-0.4, -0.2) is 167 Å². The monoisotopic (exact) mass is 1040 g/mol. The highest BCUT2D eigenvalue weighted by molar-refractivity contribution is 5.98. The van der Waals surface area contributed by atoms with E-state index in [4.69, 9.17) is 39.5 Å². The number of imidazole rings is 1. The number of aliphatic carboxylic acids is 1. The first kappa shape index (κ1) is 62.2. The summed E-state index contributed by atoms with van der Waals surface area (Å²) in [5.74, 6) is -8.89. The van der Waals surface area contributed by atoms with E-state index in [0.29, 0.717) is 24.1 Å². The lowest BCUT2D eigenvalue weighted by molar-refractivity contribution is -0.138. The summed E-state index contributed by atoms with van der Waals surface area (Å²) in [7, 11) is 0. The van der Waals surface area contributed by atoms with E-state index in [2.05, 4.69) is 62.5 Å². The molecular formula is C45H74N18O11. The molecule has 1 heterocycles. The van der Waals surface area contributed by atoms with Crippen LogP contribution in [0.3, 0.4) is 0 Å². The zero-order valence-electron chi connectivity index (χ0n) is 41.6. The van der Waals surface area contributed by atoms with E-state index in [-0.39, 0.29) is 76.5 Å². The second-order valence-electron chi connectivity index (χ2n) is 17.4. The van der Waals surface area contributed by atoms with Crippen LogP contribution in [0.5, 0.6) is 0 Å². The number of nitrogens with zero attached hydrogens (tertiary/aromatic N) is 3. The highest BCUT2D eigenvalue weighted by Gasteiger charge is 2.34. The quantitative estimate of drug-likeness (QED) is 0.0173. The fraction of sp³-hybridized carbons (Fsp3) is 0.556. The van der Waals surface area contributed by atoms with E-state index in [9.17, 15) is 48.3 Å². The van der Waals surface area contributed by atoms with E-state index in [1.54, 1.807) is 44.2 Å². The van der Waals surface area contributed by atoms with Gasteiger partial charge in [0.15, 0.2) is 11.9 Å². The van der Waals surface area contributed by atoms with Crippen LogP contribution in [0, 0.1) is 5.92 Å². The molecule has 74 heavy (non-hydrogen) atoms. The first-order chi connectivity index (χ1) is 35.1. The zero-order valence-corrected chi connectivity index (χ0v) is 41.6. The maximum atomic E-state index is 14.5. The SMILES string of the molecule is CC(C)[C@H](NC(=O)CNC(=O)[C@@H](N)CO)C(=O)N[C@@H](CCCCN)C(=O)N[C@@H](Cc1ccccc1)C(=O)N[C@@H](CCCN=C(N)N)C(=O)N[C@@H](CCCN=C(N)N)C(=O)N[C@@H](Cc1cnc[nH]1)C(=O)NCC(=O)O. The van der Waals surface area contributed by atoms with Gasteiger partial charge in [0, 0.05) is 37.8 Å². The van der Waals surface area contributed by atoms with Crippen molar-refractivity contribution in [2.24, 2.45) is 50.3 Å². The van der Waals surface area contributed by atoms with Crippen molar-refractivity contribution in [3.05, 3.63) is 54.1 Å². The highest BCUT2D eigenvalue weighted by Crippen LogP contribution is 2.11. The summed E-state index contributed by atoms with van der Waals surface area (Å²) in [5, 5.41) is 38.7. The van der Waals surface area contributed by atoms with Gasteiger partial charge in [0.2, 0.25) is 47.3 Å². The Morgan fingerprint density at radius 3 is 1.58 bits per heavy atom. The molecule has 23 N–H and O–H groups in total. The number of aromatic nitrogens is 2. The lowest BCUT2D eigenvalue weighted by Crippen LogP contribution is -2.60. The minimum absolute atomic E-state index is 0.0177. The molecular weight excluding hydrogens is 969 g/mol. The lowest BCUT2D eigenvalue weighted by atomic mass is 10.0. The van der Waals surface area contributed by atoms with Crippen LogP contribution in [-0.2, 0) is 56.0 Å². The molecule has 7 atom stereocenters. The van der Waals surface area contributed by atoms with Crippen LogP contribution in [0.15, 0.2) is 52.8 Å². The van der Waals surface area contributed by atoms with Gasteiger partial charge in [-0.15, -0.1) is 0 Å². The number of aliphatic hydroxyl groups is 1. The molecule has 8 amide bonds. The number of unbranched alkanes of at least 4 members (excludes halogenated alkanes) is 1. The largest absolute Gasteiger partial charge is 0.480 e. The van der Waals surface area contributed by atoms with Gasteiger partial charge in [-0.2, -0.15) is 0 Å². The third-order valence-corrected chi connectivity index (χ3v) is 10.9. The Bertz CT molecular complexity index is 2190. The first-order valence-corrected chi connectivity index (χ1v) is 23.9. The van der Waals surface area contributed by atoms with Crippen LogP contribution in [0.2, 0.25) is 0 Å². The van der Waals surface area contributed by atoms with Gasteiger partial charge in [-0.05, 0) is 63.0 Å². The molecule has 0 unspecified atom stereocenters. The Morgan fingerprint density at radius 2 is 1.11 bits per heavy atom. The number of carboxylic acids is 1. The Hall–Kier alpha value is -7.92. The molecule has 1 aromatic carbocycles. The molecule has 2 aromatic rings. The number of benzene rings is 1. The van der Waals surface area contributed by atoms with Crippen LogP contribution in [0.4, 0.5) is 0 Å². The number of amides is 8. The van der Waals surface area contributed by atoms with Crippen LogP contribution in [0.1, 0.15) is 70.1 Å². The molecule has 0 saturated carbocycles. The molecule has 0 spiro atoms. The van der Waals surface area contributed by atoms with Gasteiger partial charge in [-0.1, -0.05) is 44.2 Å². The molecule has 0 bridgehead atoms. The molecule has 29 heteroatoms. The van der Waals surface area contributed by atoms with Crippen molar-refractivity contribution in [3.8, 4) is 0 Å². The van der Waals surface area contributed by atoms with E-state index >= 15 is 0 Å². The van der Waals surface area contributed by atoms with Crippen molar-refractivity contribution in [1.82, 2.24) is 52.5 Å². The van der Waals surface area contributed by atoms with E-state index in [0.717, 1.165) is 0 Å². The van der Waals surface area contributed by atoms with Gasteiger partial charge in [-0.3, -0.25) is 53.1 Å². The number of aliphatic imine (C=N–C) groups is 2.